The van der Waals surface area contributed by atoms with Crippen LogP contribution in [-0.2, 0) is 12.0 Å². The molecule has 1 aromatic rings. The molecule has 0 aromatic heterocycles. The zero-order valence-corrected chi connectivity index (χ0v) is 12.0. The second kappa shape index (κ2) is 5.30. The Labute approximate surface area is 106 Å². The maximum Gasteiger partial charge on any atom is 0.0522 e. The predicted molar refractivity (Wildman–Crippen MR) is 71.6 cm³/mol. The van der Waals surface area contributed by atoms with Gasteiger partial charge in [-0.25, -0.2) is 0 Å². The Kier molecular flexibility index (Phi) is 4.53. The molecular weight excluding hydrogens is 266 g/mol. The highest BCUT2D eigenvalue weighted by Crippen LogP contribution is 2.27. The molecule has 1 N–H and O–H groups in total. The van der Waals surface area contributed by atoms with Gasteiger partial charge in [0.1, 0.15) is 0 Å². The normalized spacial score (nSPS) is 12.2. The SMILES string of the molecule is CN(C)Cc1ccc(C(C)(C)CO)cc1Br. The Morgan fingerprint density at radius 3 is 2.38 bits per heavy atom. The molecule has 0 spiro atoms. The Balaban J connectivity index is 2.99. The molecule has 0 aliphatic carbocycles. The third-order valence-corrected chi connectivity index (χ3v) is 3.45. The van der Waals surface area contributed by atoms with Crippen LogP contribution < -0.4 is 0 Å². The van der Waals surface area contributed by atoms with Gasteiger partial charge in [-0.1, -0.05) is 41.9 Å². The van der Waals surface area contributed by atoms with Crippen LogP contribution in [0, 0.1) is 0 Å². The minimum Gasteiger partial charge on any atom is -0.395 e. The molecule has 0 saturated heterocycles. The average Bonchev–Trinajstić information content (AvgIpc) is 2.20. The molecule has 0 aliphatic rings. The van der Waals surface area contributed by atoms with Gasteiger partial charge in [0, 0.05) is 16.4 Å². The van der Waals surface area contributed by atoms with E-state index in [1.165, 1.54) is 5.56 Å². The van der Waals surface area contributed by atoms with E-state index in [4.69, 9.17) is 0 Å². The number of hydrogen-bond acceptors (Lipinski definition) is 2. The fourth-order valence-electron chi connectivity index (χ4n) is 1.53. The highest BCUT2D eigenvalue weighted by atomic mass is 79.9. The Bertz CT molecular complexity index is 361. The lowest BCUT2D eigenvalue weighted by atomic mass is 9.85. The highest BCUT2D eigenvalue weighted by Gasteiger charge is 2.20. The van der Waals surface area contributed by atoms with Crippen LogP contribution in [0.2, 0.25) is 0 Å². The van der Waals surface area contributed by atoms with Gasteiger partial charge in [-0.15, -0.1) is 0 Å². The van der Waals surface area contributed by atoms with Crippen molar-refractivity contribution in [3.63, 3.8) is 0 Å². The van der Waals surface area contributed by atoms with E-state index in [1.807, 2.05) is 13.8 Å². The number of nitrogens with zero attached hydrogens (tertiary/aromatic N) is 1. The summed E-state index contributed by atoms with van der Waals surface area (Å²) in [5.41, 5.74) is 2.24. The van der Waals surface area contributed by atoms with Crippen LogP contribution in [0.5, 0.6) is 0 Å². The van der Waals surface area contributed by atoms with Crippen molar-refractivity contribution in [2.24, 2.45) is 0 Å². The number of rotatable bonds is 4. The second-order valence-electron chi connectivity index (χ2n) is 5.09. The van der Waals surface area contributed by atoms with Crippen molar-refractivity contribution >= 4 is 15.9 Å². The van der Waals surface area contributed by atoms with Crippen LogP contribution in [0.1, 0.15) is 25.0 Å². The van der Waals surface area contributed by atoms with Gasteiger partial charge in [0.15, 0.2) is 0 Å². The highest BCUT2D eigenvalue weighted by molar-refractivity contribution is 9.10. The van der Waals surface area contributed by atoms with E-state index in [1.54, 1.807) is 0 Å². The average molecular weight is 286 g/mol. The molecule has 0 heterocycles. The first kappa shape index (κ1) is 13.7. The molecule has 3 heteroatoms. The molecule has 1 aromatic carbocycles. The lowest BCUT2D eigenvalue weighted by Gasteiger charge is -2.23. The Hall–Kier alpha value is -0.380. The molecule has 0 unspecified atom stereocenters. The monoisotopic (exact) mass is 285 g/mol. The minimum atomic E-state index is -0.181. The van der Waals surface area contributed by atoms with E-state index in [2.05, 4.69) is 53.1 Å². The summed E-state index contributed by atoms with van der Waals surface area (Å²) >= 11 is 3.59. The van der Waals surface area contributed by atoms with Crippen LogP contribution in [0.15, 0.2) is 22.7 Å². The third kappa shape index (κ3) is 3.30. The molecule has 90 valence electrons. The lowest BCUT2D eigenvalue weighted by molar-refractivity contribution is 0.218. The van der Waals surface area contributed by atoms with Gasteiger partial charge in [-0.2, -0.15) is 0 Å². The minimum absolute atomic E-state index is 0.159. The summed E-state index contributed by atoms with van der Waals surface area (Å²) in [7, 11) is 4.11. The van der Waals surface area contributed by atoms with Gasteiger partial charge >= 0.3 is 0 Å². The summed E-state index contributed by atoms with van der Waals surface area (Å²) in [6.45, 7) is 5.16. The molecule has 0 bridgehead atoms. The van der Waals surface area contributed by atoms with E-state index in [0.29, 0.717) is 0 Å². The topological polar surface area (TPSA) is 23.5 Å². The van der Waals surface area contributed by atoms with E-state index >= 15 is 0 Å². The van der Waals surface area contributed by atoms with Crippen LogP contribution in [0.4, 0.5) is 0 Å². The number of aliphatic hydroxyl groups is 1. The molecule has 0 saturated carbocycles. The van der Waals surface area contributed by atoms with Crippen molar-refractivity contribution in [2.45, 2.75) is 25.8 Å². The second-order valence-corrected chi connectivity index (χ2v) is 5.94. The Morgan fingerprint density at radius 2 is 1.94 bits per heavy atom. The van der Waals surface area contributed by atoms with Crippen LogP contribution in [0.3, 0.4) is 0 Å². The first-order valence-corrected chi connectivity index (χ1v) is 6.20. The molecule has 0 amide bonds. The summed E-state index contributed by atoms with van der Waals surface area (Å²) in [4.78, 5) is 2.14. The molecule has 0 radical (unpaired) electrons. The molecule has 0 atom stereocenters. The number of benzene rings is 1. The van der Waals surface area contributed by atoms with Crippen LogP contribution in [-0.4, -0.2) is 30.7 Å². The fourth-order valence-corrected chi connectivity index (χ4v) is 2.03. The van der Waals surface area contributed by atoms with Gasteiger partial charge < -0.3 is 10.0 Å². The molecule has 16 heavy (non-hydrogen) atoms. The smallest absolute Gasteiger partial charge is 0.0522 e. The largest absolute Gasteiger partial charge is 0.395 e. The van der Waals surface area contributed by atoms with Gasteiger partial charge in [0.25, 0.3) is 0 Å². The van der Waals surface area contributed by atoms with Crippen molar-refractivity contribution < 1.29 is 5.11 Å². The summed E-state index contributed by atoms with van der Waals surface area (Å²) < 4.78 is 1.11. The lowest BCUT2D eigenvalue weighted by Crippen LogP contribution is -2.22. The van der Waals surface area contributed by atoms with Crippen molar-refractivity contribution in [3.05, 3.63) is 33.8 Å². The Morgan fingerprint density at radius 1 is 1.31 bits per heavy atom. The van der Waals surface area contributed by atoms with Crippen molar-refractivity contribution in [3.8, 4) is 0 Å². The van der Waals surface area contributed by atoms with E-state index in [-0.39, 0.29) is 12.0 Å². The van der Waals surface area contributed by atoms with E-state index < -0.39 is 0 Å². The van der Waals surface area contributed by atoms with Gasteiger partial charge in [-0.05, 0) is 31.3 Å². The quantitative estimate of drug-likeness (QED) is 0.920. The first-order chi connectivity index (χ1) is 7.36. The standard InChI is InChI=1S/C13H20BrNO/c1-13(2,9-16)11-6-5-10(8-15(3)4)12(14)7-11/h5-7,16H,8-9H2,1-4H3. The third-order valence-electron chi connectivity index (χ3n) is 2.72. The van der Waals surface area contributed by atoms with E-state index in [0.717, 1.165) is 16.6 Å². The van der Waals surface area contributed by atoms with Gasteiger partial charge in [0.2, 0.25) is 0 Å². The zero-order valence-electron chi connectivity index (χ0n) is 10.4. The molecule has 1 rings (SSSR count). The van der Waals surface area contributed by atoms with Gasteiger partial charge in [0.05, 0.1) is 6.61 Å². The molecule has 2 nitrogen and oxygen atoms in total. The maximum absolute atomic E-state index is 9.33. The summed E-state index contributed by atoms with van der Waals surface area (Å²) in [5, 5.41) is 9.33. The number of hydrogen-bond donors (Lipinski definition) is 1. The number of halogens is 1. The maximum atomic E-state index is 9.33. The fraction of sp³-hybridized carbons (Fsp3) is 0.538. The van der Waals surface area contributed by atoms with Crippen molar-refractivity contribution in [1.29, 1.82) is 0 Å². The molecule has 0 fully saturated rings. The van der Waals surface area contributed by atoms with Gasteiger partial charge in [-0.3, -0.25) is 0 Å². The van der Waals surface area contributed by atoms with Crippen molar-refractivity contribution in [2.75, 3.05) is 20.7 Å². The summed E-state index contributed by atoms with van der Waals surface area (Å²) in [6, 6.07) is 6.33. The molecule has 0 aliphatic heterocycles. The van der Waals surface area contributed by atoms with Crippen LogP contribution >= 0.6 is 15.9 Å². The summed E-state index contributed by atoms with van der Waals surface area (Å²) in [5.74, 6) is 0. The first-order valence-electron chi connectivity index (χ1n) is 5.41. The van der Waals surface area contributed by atoms with Crippen LogP contribution in [0.25, 0.3) is 0 Å². The zero-order chi connectivity index (χ0) is 12.3. The summed E-state index contributed by atoms with van der Waals surface area (Å²) in [6.07, 6.45) is 0. The number of aliphatic hydroxyl groups excluding tert-OH is 1. The van der Waals surface area contributed by atoms with Crippen molar-refractivity contribution in [1.82, 2.24) is 4.90 Å². The molecular formula is C13H20BrNO. The predicted octanol–water partition coefficient (Wildman–Crippen LogP) is 2.78. The van der Waals surface area contributed by atoms with E-state index in [9.17, 15) is 5.11 Å².